The number of aryl methyl sites for hydroxylation is 1. The lowest BCUT2D eigenvalue weighted by molar-refractivity contribution is 0.0979. The molecule has 1 atom stereocenters. The fourth-order valence-corrected chi connectivity index (χ4v) is 4.15. The first kappa shape index (κ1) is 16.0. The van der Waals surface area contributed by atoms with Gasteiger partial charge in [0.15, 0.2) is 11.6 Å². The molecule has 2 aliphatic rings. The fraction of sp³-hybridized carbons (Fsp3) is 0.263. The summed E-state index contributed by atoms with van der Waals surface area (Å²) < 4.78 is 5.88. The number of ether oxygens (including phenoxy) is 1. The van der Waals surface area contributed by atoms with Crippen LogP contribution in [0.4, 0.5) is 0 Å². The normalized spacial score (nSPS) is 18.2. The molecule has 3 nitrogen and oxygen atoms in total. The monoisotopic (exact) mass is 448 g/mol. The van der Waals surface area contributed by atoms with Gasteiger partial charge in [0.25, 0.3) is 0 Å². The van der Waals surface area contributed by atoms with Gasteiger partial charge in [-0.25, -0.2) is 0 Å². The van der Waals surface area contributed by atoms with Crippen LogP contribution < -0.4 is 4.74 Å². The largest absolute Gasteiger partial charge is 0.488 e. The molecular weight excluding hydrogens is 436 g/mol. The first-order valence-electron chi connectivity index (χ1n) is 7.79. The van der Waals surface area contributed by atoms with Crippen LogP contribution in [0.25, 0.3) is 11.1 Å². The minimum Gasteiger partial charge on any atom is -0.488 e. The van der Waals surface area contributed by atoms with Crippen LogP contribution in [0.3, 0.4) is 0 Å². The summed E-state index contributed by atoms with van der Waals surface area (Å²) in [6.07, 6.45) is 1.69. The van der Waals surface area contributed by atoms with Crippen LogP contribution in [0.5, 0.6) is 5.75 Å². The van der Waals surface area contributed by atoms with Crippen molar-refractivity contribution in [3.8, 4) is 16.9 Å². The molecule has 1 aliphatic carbocycles. The third kappa shape index (κ3) is 2.54. The number of alkyl halides is 2. The maximum Gasteiger partial charge on any atom is 0.176 e. The molecule has 0 aromatic heterocycles. The number of benzene rings is 2. The molecule has 1 aliphatic heterocycles. The molecule has 0 saturated carbocycles. The molecule has 5 heteroatoms. The molecule has 0 unspecified atom stereocenters. The van der Waals surface area contributed by atoms with Gasteiger partial charge < -0.3 is 4.74 Å². The molecule has 1 heterocycles. The minimum absolute atomic E-state index is 0.0583. The van der Waals surface area contributed by atoms with Crippen molar-refractivity contribution >= 4 is 43.4 Å². The van der Waals surface area contributed by atoms with E-state index in [0.29, 0.717) is 17.5 Å². The summed E-state index contributed by atoms with van der Waals surface area (Å²) >= 11 is 6.66. The lowest BCUT2D eigenvalue weighted by Crippen LogP contribution is -2.23. The van der Waals surface area contributed by atoms with Gasteiger partial charge in [0.1, 0.15) is 12.4 Å². The Morgan fingerprint density at radius 1 is 1.12 bits per heavy atom. The van der Waals surface area contributed by atoms with Crippen LogP contribution in [0, 0.1) is 0 Å². The van der Waals surface area contributed by atoms with Crippen molar-refractivity contribution in [1.82, 2.24) is 0 Å². The zero-order valence-corrected chi connectivity index (χ0v) is 15.9. The van der Waals surface area contributed by atoms with E-state index in [1.807, 2.05) is 24.3 Å². The number of hydrogen-bond donors (Lipinski definition) is 0. The molecule has 2 aromatic rings. The number of Topliss-reactive ketones (excluding diaryl/α,β-unsaturated/α-hetero) is 2. The zero-order chi connectivity index (χ0) is 16.8. The van der Waals surface area contributed by atoms with E-state index in [9.17, 15) is 9.59 Å². The van der Waals surface area contributed by atoms with Crippen molar-refractivity contribution in [3.05, 3.63) is 52.6 Å². The molecule has 0 bridgehead atoms. The Morgan fingerprint density at radius 3 is 2.75 bits per heavy atom. The maximum absolute atomic E-state index is 12.4. The van der Waals surface area contributed by atoms with E-state index in [1.165, 1.54) is 0 Å². The standard InChI is InChI=1S/C19H14Br2O3/c20-8-17(22)11-1-3-13-12(5-11)9-24-18-7-14-10(6-15(13)18)2-4-16(21)19(14)23/h1,3,5-7,16H,2,4,8-9H2/t16-/m1/s1. The molecule has 2 aromatic carbocycles. The zero-order valence-electron chi connectivity index (χ0n) is 12.8. The summed E-state index contributed by atoms with van der Waals surface area (Å²) in [7, 11) is 0. The van der Waals surface area contributed by atoms with Gasteiger partial charge in [-0.05, 0) is 47.7 Å². The Bertz CT molecular complexity index is 873. The van der Waals surface area contributed by atoms with Crippen LogP contribution in [0.15, 0.2) is 30.3 Å². The van der Waals surface area contributed by atoms with Crippen LogP contribution in [-0.4, -0.2) is 21.7 Å². The lowest BCUT2D eigenvalue weighted by atomic mass is 9.85. The summed E-state index contributed by atoms with van der Waals surface area (Å²) in [6.45, 7) is 0.413. The Kier molecular flexibility index (Phi) is 4.09. The molecule has 0 radical (unpaired) electrons. The number of carbonyl (C=O) groups excluding carboxylic acids is 2. The molecule has 24 heavy (non-hydrogen) atoms. The molecule has 0 amide bonds. The number of ketones is 2. The van der Waals surface area contributed by atoms with E-state index < -0.39 is 0 Å². The highest BCUT2D eigenvalue weighted by molar-refractivity contribution is 9.10. The van der Waals surface area contributed by atoms with Crippen molar-refractivity contribution in [3.63, 3.8) is 0 Å². The van der Waals surface area contributed by atoms with E-state index in [2.05, 4.69) is 37.9 Å². The van der Waals surface area contributed by atoms with Crippen LogP contribution in [0.2, 0.25) is 0 Å². The first-order chi connectivity index (χ1) is 11.6. The highest BCUT2D eigenvalue weighted by atomic mass is 79.9. The highest BCUT2D eigenvalue weighted by Crippen LogP contribution is 2.41. The van der Waals surface area contributed by atoms with Gasteiger partial charge in [0.05, 0.1) is 10.2 Å². The number of fused-ring (bicyclic) bond motifs is 4. The topological polar surface area (TPSA) is 43.4 Å². The quantitative estimate of drug-likeness (QED) is 0.492. The van der Waals surface area contributed by atoms with Gasteiger partial charge in [-0.3, -0.25) is 9.59 Å². The number of rotatable bonds is 2. The lowest BCUT2D eigenvalue weighted by Gasteiger charge is -2.26. The van der Waals surface area contributed by atoms with Crippen molar-refractivity contribution in [2.75, 3.05) is 5.33 Å². The molecule has 0 spiro atoms. The summed E-state index contributed by atoms with van der Waals surface area (Å²) in [5.41, 5.74) is 5.62. The molecule has 0 saturated heterocycles. The second kappa shape index (κ2) is 6.12. The third-order valence-electron chi connectivity index (χ3n) is 4.64. The van der Waals surface area contributed by atoms with Crippen molar-refractivity contribution in [1.29, 1.82) is 0 Å². The summed E-state index contributed by atoms with van der Waals surface area (Å²) in [5.74, 6) is 0.936. The second-order valence-electron chi connectivity index (χ2n) is 6.09. The van der Waals surface area contributed by atoms with Gasteiger partial charge in [-0.1, -0.05) is 44.0 Å². The van der Waals surface area contributed by atoms with E-state index in [0.717, 1.165) is 46.4 Å². The van der Waals surface area contributed by atoms with Gasteiger partial charge in [-0.2, -0.15) is 0 Å². The molecule has 122 valence electrons. The van der Waals surface area contributed by atoms with Gasteiger partial charge in [0.2, 0.25) is 0 Å². The SMILES string of the molecule is O=C(CBr)c1ccc2c(c1)COc1cc3c(cc1-2)CC[C@@H](Br)C3=O. The second-order valence-corrected chi connectivity index (χ2v) is 7.76. The predicted octanol–water partition coefficient (Wildman–Crippen LogP) is 4.72. The van der Waals surface area contributed by atoms with Gasteiger partial charge in [-0.15, -0.1) is 0 Å². The average molecular weight is 450 g/mol. The average Bonchev–Trinajstić information content (AvgIpc) is 2.62. The summed E-state index contributed by atoms with van der Waals surface area (Å²) in [5, 5.41) is 0.312. The molecule has 4 rings (SSSR count). The van der Waals surface area contributed by atoms with Gasteiger partial charge >= 0.3 is 0 Å². The Morgan fingerprint density at radius 2 is 1.96 bits per heavy atom. The van der Waals surface area contributed by atoms with Crippen LogP contribution in [0.1, 0.15) is 38.3 Å². The Balaban J connectivity index is 1.82. The fourth-order valence-electron chi connectivity index (χ4n) is 3.35. The number of carbonyl (C=O) groups is 2. The van der Waals surface area contributed by atoms with Gasteiger partial charge in [0, 0.05) is 16.7 Å². The van der Waals surface area contributed by atoms with E-state index in [4.69, 9.17) is 4.74 Å². The minimum atomic E-state index is -0.100. The Hall–Kier alpha value is -1.46. The number of halogens is 2. The molecular formula is C19H14Br2O3. The Labute approximate surface area is 156 Å². The van der Waals surface area contributed by atoms with E-state index in [-0.39, 0.29) is 16.4 Å². The smallest absolute Gasteiger partial charge is 0.176 e. The summed E-state index contributed by atoms with van der Waals surface area (Å²) in [4.78, 5) is 24.1. The molecule has 0 fully saturated rings. The third-order valence-corrected chi connectivity index (χ3v) is 6.03. The van der Waals surface area contributed by atoms with Crippen LogP contribution in [-0.2, 0) is 13.0 Å². The van der Waals surface area contributed by atoms with Crippen LogP contribution >= 0.6 is 31.9 Å². The van der Waals surface area contributed by atoms with Crippen molar-refractivity contribution in [2.45, 2.75) is 24.3 Å². The highest BCUT2D eigenvalue weighted by Gasteiger charge is 2.29. The number of hydrogen-bond acceptors (Lipinski definition) is 3. The van der Waals surface area contributed by atoms with E-state index in [1.54, 1.807) is 0 Å². The molecule has 0 N–H and O–H groups in total. The predicted molar refractivity (Wildman–Crippen MR) is 99.7 cm³/mol. The summed E-state index contributed by atoms with van der Waals surface area (Å²) in [6, 6.07) is 9.70. The first-order valence-corrected chi connectivity index (χ1v) is 9.82. The van der Waals surface area contributed by atoms with Crippen molar-refractivity contribution < 1.29 is 14.3 Å². The van der Waals surface area contributed by atoms with Crippen molar-refractivity contribution in [2.24, 2.45) is 0 Å². The van der Waals surface area contributed by atoms with E-state index >= 15 is 0 Å². The maximum atomic E-state index is 12.4.